The molecule has 6 nitrogen and oxygen atoms in total. The fourth-order valence-electron chi connectivity index (χ4n) is 2.35. The summed E-state index contributed by atoms with van der Waals surface area (Å²) in [5.41, 5.74) is 1.74. The van der Waals surface area contributed by atoms with Gasteiger partial charge in [-0.3, -0.25) is 4.79 Å². The predicted octanol–water partition coefficient (Wildman–Crippen LogP) is 2.50. The molecule has 1 N–H and O–H groups in total. The zero-order chi connectivity index (χ0) is 16.9. The third-order valence-electron chi connectivity index (χ3n) is 3.46. The SMILES string of the molecule is CC(C)(C)OC=O.Cc1cnc(N2CCNCC2)c2ccoc12. The standard InChI is InChI=1S/C12H15N3O.C5H10O2/c1-9-8-14-12(10-2-7-16-11(9)10)15-5-3-13-4-6-15;1-5(2,3)7-4-6/h2,7-8,13H,3-6H2,1H3;4H,1-3H3. The molecule has 1 aliphatic heterocycles. The van der Waals surface area contributed by atoms with E-state index >= 15 is 0 Å². The smallest absolute Gasteiger partial charge is 0.293 e. The number of hydrogen-bond acceptors (Lipinski definition) is 6. The van der Waals surface area contributed by atoms with E-state index in [2.05, 4.69) is 19.9 Å². The number of aromatic nitrogens is 1. The van der Waals surface area contributed by atoms with Crippen LogP contribution in [0.2, 0.25) is 0 Å². The molecule has 0 radical (unpaired) electrons. The van der Waals surface area contributed by atoms with E-state index in [-0.39, 0.29) is 5.60 Å². The largest absolute Gasteiger partial charge is 0.464 e. The molecule has 126 valence electrons. The molecule has 3 rings (SSSR count). The Morgan fingerprint density at radius 1 is 1.35 bits per heavy atom. The van der Waals surface area contributed by atoms with Crippen molar-refractivity contribution in [1.29, 1.82) is 0 Å². The van der Waals surface area contributed by atoms with E-state index < -0.39 is 0 Å². The Morgan fingerprint density at radius 2 is 2.04 bits per heavy atom. The summed E-state index contributed by atoms with van der Waals surface area (Å²) in [6.07, 6.45) is 3.63. The van der Waals surface area contributed by atoms with Crippen molar-refractivity contribution in [3.8, 4) is 0 Å². The number of pyridine rings is 1. The first kappa shape index (κ1) is 17.3. The van der Waals surface area contributed by atoms with Crippen LogP contribution in [0.5, 0.6) is 0 Å². The zero-order valence-electron chi connectivity index (χ0n) is 14.3. The summed E-state index contributed by atoms with van der Waals surface area (Å²) in [5.74, 6) is 1.05. The molecule has 0 aromatic carbocycles. The van der Waals surface area contributed by atoms with Gasteiger partial charge < -0.3 is 19.4 Å². The normalized spacial score (nSPS) is 15.0. The van der Waals surface area contributed by atoms with Crippen LogP contribution >= 0.6 is 0 Å². The van der Waals surface area contributed by atoms with Crippen molar-refractivity contribution in [2.75, 3.05) is 31.1 Å². The number of piperazine rings is 1. The van der Waals surface area contributed by atoms with Crippen molar-refractivity contribution < 1.29 is 13.9 Å². The number of rotatable bonds is 2. The highest BCUT2D eigenvalue weighted by molar-refractivity contribution is 5.90. The lowest BCUT2D eigenvalue weighted by atomic mass is 10.2. The third-order valence-corrected chi connectivity index (χ3v) is 3.46. The van der Waals surface area contributed by atoms with Gasteiger partial charge in [0.15, 0.2) is 0 Å². The maximum atomic E-state index is 9.60. The van der Waals surface area contributed by atoms with E-state index in [1.165, 1.54) is 0 Å². The van der Waals surface area contributed by atoms with Gasteiger partial charge in [0.2, 0.25) is 0 Å². The van der Waals surface area contributed by atoms with E-state index in [4.69, 9.17) is 4.42 Å². The van der Waals surface area contributed by atoms with Crippen LogP contribution in [0.15, 0.2) is 22.9 Å². The number of nitrogens with one attached hydrogen (secondary N) is 1. The maximum absolute atomic E-state index is 9.60. The molecule has 2 aromatic heterocycles. The number of nitrogens with zero attached hydrogens (tertiary/aromatic N) is 2. The minimum absolute atomic E-state index is 0.318. The van der Waals surface area contributed by atoms with Gasteiger partial charge in [0.25, 0.3) is 6.47 Å². The molecule has 0 aliphatic carbocycles. The van der Waals surface area contributed by atoms with Crippen molar-refractivity contribution in [2.45, 2.75) is 33.3 Å². The molecule has 1 fully saturated rings. The van der Waals surface area contributed by atoms with Crippen molar-refractivity contribution in [2.24, 2.45) is 0 Å². The van der Waals surface area contributed by atoms with Crippen LogP contribution in [-0.4, -0.2) is 43.2 Å². The van der Waals surface area contributed by atoms with Crippen LogP contribution in [0.25, 0.3) is 11.0 Å². The molecule has 6 heteroatoms. The van der Waals surface area contributed by atoms with Crippen LogP contribution in [0, 0.1) is 6.92 Å². The van der Waals surface area contributed by atoms with Gasteiger partial charge in [-0.05, 0) is 33.8 Å². The highest BCUT2D eigenvalue weighted by Crippen LogP contribution is 2.27. The van der Waals surface area contributed by atoms with Crippen LogP contribution in [-0.2, 0) is 9.53 Å². The molecule has 1 saturated heterocycles. The first-order chi connectivity index (χ1) is 10.9. The van der Waals surface area contributed by atoms with Gasteiger partial charge in [-0.1, -0.05) is 0 Å². The van der Waals surface area contributed by atoms with Crippen molar-refractivity contribution >= 4 is 23.3 Å². The lowest BCUT2D eigenvalue weighted by Crippen LogP contribution is -2.43. The van der Waals surface area contributed by atoms with Gasteiger partial charge in [-0.15, -0.1) is 0 Å². The molecule has 1 aliphatic rings. The Bertz CT molecular complexity index is 640. The van der Waals surface area contributed by atoms with Crippen LogP contribution < -0.4 is 10.2 Å². The van der Waals surface area contributed by atoms with Crippen LogP contribution in [0.4, 0.5) is 5.82 Å². The average molecular weight is 319 g/mol. The second kappa shape index (κ2) is 7.46. The first-order valence-corrected chi connectivity index (χ1v) is 7.82. The van der Waals surface area contributed by atoms with Crippen molar-refractivity contribution in [3.63, 3.8) is 0 Å². The first-order valence-electron chi connectivity index (χ1n) is 7.82. The Morgan fingerprint density at radius 3 is 2.61 bits per heavy atom. The van der Waals surface area contributed by atoms with Gasteiger partial charge in [-0.2, -0.15) is 0 Å². The number of furan rings is 1. The van der Waals surface area contributed by atoms with Gasteiger partial charge in [0.1, 0.15) is 17.0 Å². The fourth-order valence-corrected chi connectivity index (χ4v) is 2.35. The third kappa shape index (κ3) is 4.69. The Labute approximate surface area is 136 Å². The second-order valence-electron chi connectivity index (χ2n) is 6.49. The maximum Gasteiger partial charge on any atom is 0.293 e. The monoisotopic (exact) mass is 319 g/mol. The minimum atomic E-state index is -0.318. The number of carbonyl (C=O) groups excluding carboxylic acids is 1. The number of aryl methyl sites for hydroxylation is 1. The minimum Gasteiger partial charge on any atom is -0.464 e. The predicted molar refractivity (Wildman–Crippen MR) is 90.7 cm³/mol. The van der Waals surface area contributed by atoms with Gasteiger partial charge in [0.05, 0.1) is 11.6 Å². The summed E-state index contributed by atoms with van der Waals surface area (Å²) in [5, 5.41) is 4.47. The average Bonchev–Trinajstić information content (AvgIpc) is 2.98. The van der Waals surface area contributed by atoms with Gasteiger partial charge in [0, 0.05) is 37.9 Å². The molecular formula is C17H25N3O3. The summed E-state index contributed by atoms with van der Waals surface area (Å²) in [4.78, 5) is 16.5. The molecule has 0 atom stereocenters. The topological polar surface area (TPSA) is 67.6 Å². The highest BCUT2D eigenvalue weighted by Gasteiger charge is 2.16. The van der Waals surface area contributed by atoms with Gasteiger partial charge >= 0.3 is 0 Å². The number of ether oxygens (including phenoxy) is 1. The molecule has 0 unspecified atom stereocenters. The summed E-state index contributed by atoms with van der Waals surface area (Å²) >= 11 is 0. The molecule has 0 spiro atoms. The zero-order valence-corrected chi connectivity index (χ0v) is 14.3. The number of hydrogen-bond donors (Lipinski definition) is 1. The van der Waals surface area contributed by atoms with Crippen molar-refractivity contribution in [1.82, 2.24) is 10.3 Å². The van der Waals surface area contributed by atoms with E-state index in [9.17, 15) is 4.79 Å². The summed E-state index contributed by atoms with van der Waals surface area (Å²) in [6, 6.07) is 2.01. The lowest BCUT2D eigenvalue weighted by Gasteiger charge is -2.28. The summed E-state index contributed by atoms with van der Waals surface area (Å²) in [6.45, 7) is 12.0. The number of anilines is 1. The van der Waals surface area contributed by atoms with E-state index in [0.29, 0.717) is 6.47 Å². The summed E-state index contributed by atoms with van der Waals surface area (Å²) < 4.78 is 10.0. The van der Waals surface area contributed by atoms with Crippen LogP contribution in [0.3, 0.4) is 0 Å². The van der Waals surface area contributed by atoms with Crippen LogP contribution in [0.1, 0.15) is 26.3 Å². The quantitative estimate of drug-likeness (QED) is 0.858. The molecule has 2 aromatic rings. The molecule has 0 saturated carbocycles. The number of fused-ring (bicyclic) bond motifs is 1. The number of carbonyl (C=O) groups is 1. The second-order valence-corrected chi connectivity index (χ2v) is 6.49. The molecular weight excluding hydrogens is 294 g/mol. The van der Waals surface area contributed by atoms with E-state index in [1.807, 2.05) is 40.0 Å². The van der Waals surface area contributed by atoms with Gasteiger partial charge in [-0.25, -0.2) is 4.98 Å². The Hall–Kier alpha value is -2.08. The lowest BCUT2D eigenvalue weighted by molar-refractivity contribution is -0.138. The highest BCUT2D eigenvalue weighted by atomic mass is 16.5. The molecule has 0 bridgehead atoms. The Balaban J connectivity index is 0.000000236. The van der Waals surface area contributed by atoms with E-state index in [0.717, 1.165) is 48.5 Å². The Kier molecular flexibility index (Phi) is 5.60. The molecule has 3 heterocycles. The van der Waals surface area contributed by atoms with Crippen molar-refractivity contribution in [3.05, 3.63) is 24.1 Å². The fraction of sp³-hybridized carbons (Fsp3) is 0.529. The molecule has 23 heavy (non-hydrogen) atoms. The summed E-state index contributed by atoms with van der Waals surface area (Å²) in [7, 11) is 0. The molecule has 0 amide bonds. The van der Waals surface area contributed by atoms with E-state index in [1.54, 1.807) is 6.26 Å².